The van der Waals surface area contributed by atoms with E-state index in [0.717, 1.165) is 12.1 Å². The fraction of sp³-hybridized carbons (Fsp3) is 0.174. The second-order valence-electron chi connectivity index (χ2n) is 7.15. The molecule has 1 unspecified atom stereocenters. The molecule has 0 N–H and O–H groups in total. The zero-order valence-corrected chi connectivity index (χ0v) is 18.3. The van der Waals surface area contributed by atoms with Crippen molar-refractivity contribution in [2.45, 2.75) is 24.2 Å². The van der Waals surface area contributed by atoms with Gasteiger partial charge in [0, 0.05) is 16.7 Å². The van der Waals surface area contributed by atoms with Crippen molar-refractivity contribution in [3.05, 3.63) is 78.1 Å². The van der Waals surface area contributed by atoms with Gasteiger partial charge in [0.05, 0.1) is 27.6 Å². The number of hydrogen-bond donors (Lipinski definition) is 0. The van der Waals surface area contributed by atoms with E-state index in [2.05, 4.69) is 4.98 Å². The van der Waals surface area contributed by atoms with E-state index >= 15 is 0 Å². The van der Waals surface area contributed by atoms with Gasteiger partial charge in [-0.25, -0.2) is 4.98 Å². The van der Waals surface area contributed by atoms with Crippen molar-refractivity contribution < 1.29 is 35.3 Å². The Kier molecular flexibility index (Phi) is 6.15. The van der Waals surface area contributed by atoms with Crippen molar-refractivity contribution in [3.8, 4) is 17.2 Å². The Morgan fingerprint density at radius 3 is 2.18 bits per heavy atom. The summed E-state index contributed by atoms with van der Waals surface area (Å²) in [6, 6.07) is 14.8. The summed E-state index contributed by atoms with van der Waals surface area (Å²) in [5.41, 5.74) is -2.50. The molecule has 3 aromatic carbocycles. The first-order chi connectivity index (χ1) is 16.0. The van der Waals surface area contributed by atoms with Crippen LogP contribution in [0, 0.1) is 0 Å². The lowest BCUT2D eigenvalue weighted by Gasteiger charge is -2.13. The zero-order chi connectivity index (χ0) is 24.7. The molecule has 0 aliphatic heterocycles. The number of fused-ring (bicyclic) bond motifs is 1. The number of halogens is 6. The molecule has 178 valence electrons. The Hall–Kier alpha value is -3.34. The summed E-state index contributed by atoms with van der Waals surface area (Å²) in [7, 11) is -1.24. The lowest BCUT2D eigenvalue weighted by atomic mass is 10.1. The normalized spacial score (nSPS) is 13.3. The molecule has 0 saturated heterocycles. The number of nitrogens with zero attached hydrogens (tertiary/aromatic N) is 2. The van der Waals surface area contributed by atoms with Crippen LogP contribution in [0.2, 0.25) is 0 Å². The molecule has 0 aliphatic rings. The molecular weight excluding hydrogens is 482 g/mol. The first-order valence-electron chi connectivity index (χ1n) is 9.91. The highest BCUT2D eigenvalue weighted by Crippen LogP contribution is 2.39. The molecule has 0 bridgehead atoms. The van der Waals surface area contributed by atoms with Crippen molar-refractivity contribution in [2.75, 3.05) is 5.75 Å². The fourth-order valence-corrected chi connectivity index (χ4v) is 4.26. The quantitative estimate of drug-likeness (QED) is 0.279. The second kappa shape index (κ2) is 8.79. The van der Waals surface area contributed by atoms with E-state index < -0.39 is 40.1 Å². The number of para-hydroxylation sites is 1. The smallest absolute Gasteiger partial charge is 0.450 e. The molecule has 11 heteroatoms. The molecule has 4 nitrogen and oxygen atoms in total. The van der Waals surface area contributed by atoms with E-state index in [0.29, 0.717) is 27.0 Å². The molecule has 0 fully saturated rings. The highest BCUT2D eigenvalue weighted by molar-refractivity contribution is 7.85. The standard InChI is InChI=1S/C23H16F6N2O2S/c1-2-34(32)17-9-4-8-16(13-17)33-15-7-3-6-14(12-15)31-19-11-5-10-18(22(24,25)26)20(19)30-21(31)23(27,28)29/h3-13H,2H2,1H3. The number of alkyl halides is 6. The highest BCUT2D eigenvalue weighted by Gasteiger charge is 2.41. The van der Waals surface area contributed by atoms with Crippen molar-refractivity contribution in [1.82, 2.24) is 9.55 Å². The first kappa shape index (κ1) is 23.8. The van der Waals surface area contributed by atoms with Crippen molar-refractivity contribution in [3.63, 3.8) is 0 Å². The molecular formula is C23H16F6N2O2S. The van der Waals surface area contributed by atoms with Gasteiger partial charge in [0.15, 0.2) is 0 Å². The largest absolute Gasteiger partial charge is 0.457 e. The Balaban J connectivity index is 1.83. The van der Waals surface area contributed by atoms with Gasteiger partial charge in [-0.05, 0) is 42.5 Å². The number of aromatic nitrogens is 2. The number of imidazole rings is 1. The van der Waals surface area contributed by atoms with Gasteiger partial charge in [-0.3, -0.25) is 8.78 Å². The van der Waals surface area contributed by atoms with Gasteiger partial charge in [0.25, 0.3) is 0 Å². The van der Waals surface area contributed by atoms with Crippen LogP contribution in [-0.2, 0) is 23.2 Å². The fourth-order valence-electron chi connectivity index (χ4n) is 3.45. The minimum Gasteiger partial charge on any atom is -0.457 e. The van der Waals surface area contributed by atoms with Crippen molar-refractivity contribution in [1.29, 1.82) is 0 Å². The Labute approximate surface area is 192 Å². The number of benzene rings is 3. The predicted molar refractivity (Wildman–Crippen MR) is 115 cm³/mol. The third-order valence-corrected chi connectivity index (χ3v) is 6.19. The predicted octanol–water partition coefficient (Wildman–Crippen LogP) is 6.98. The lowest BCUT2D eigenvalue weighted by Crippen LogP contribution is -2.13. The van der Waals surface area contributed by atoms with Crippen LogP contribution in [0.5, 0.6) is 11.5 Å². The van der Waals surface area contributed by atoms with Crippen LogP contribution < -0.4 is 4.74 Å². The maximum absolute atomic E-state index is 13.8. The van der Waals surface area contributed by atoms with E-state index in [1.807, 2.05) is 0 Å². The van der Waals surface area contributed by atoms with Crippen LogP contribution in [0.1, 0.15) is 18.3 Å². The van der Waals surface area contributed by atoms with Crippen molar-refractivity contribution >= 4 is 21.8 Å². The van der Waals surface area contributed by atoms with E-state index in [9.17, 15) is 30.6 Å². The topological polar surface area (TPSA) is 44.1 Å². The molecule has 34 heavy (non-hydrogen) atoms. The maximum atomic E-state index is 13.8. The minimum absolute atomic E-state index is 0.0834. The monoisotopic (exact) mass is 498 g/mol. The van der Waals surface area contributed by atoms with Gasteiger partial charge in [-0.2, -0.15) is 26.3 Å². The van der Waals surface area contributed by atoms with Crippen LogP contribution in [-0.4, -0.2) is 19.5 Å². The summed E-state index contributed by atoms with van der Waals surface area (Å²) in [5.74, 6) is -0.648. The summed E-state index contributed by atoms with van der Waals surface area (Å²) in [6.07, 6.45) is -9.90. The third-order valence-electron chi connectivity index (χ3n) is 4.89. The average molecular weight is 498 g/mol. The number of hydrogen-bond acceptors (Lipinski definition) is 3. The van der Waals surface area contributed by atoms with E-state index in [1.54, 1.807) is 31.2 Å². The third kappa shape index (κ3) is 4.65. The number of ether oxygens (including phenoxy) is 1. The van der Waals surface area contributed by atoms with Crippen molar-refractivity contribution in [2.24, 2.45) is 0 Å². The molecule has 1 heterocycles. The first-order valence-corrected chi connectivity index (χ1v) is 11.2. The summed E-state index contributed by atoms with van der Waals surface area (Å²) in [5, 5.41) is 0. The molecule has 0 spiro atoms. The van der Waals surface area contributed by atoms with E-state index in [4.69, 9.17) is 4.74 Å². The molecule has 0 aliphatic carbocycles. The summed E-state index contributed by atoms with van der Waals surface area (Å²) in [6.45, 7) is 1.75. The Morgan fingerprint density at radius 1 is 0.882 bits per heavy atom. The summed E-state index contributed by atoms with van der Waals surface area (Å²) < 4.78 is 100.0. The van der Waals surface area contributed by atoms with Gasteiger partial charge in [0.1, 0.15) is 17.0 Å². The average Bonchev–Trinajstić information content (AvgIpc) is 3.18. The molecule has 4 aromatic rings. The van der Waals surface area contributed by atoms with Gasteiger partial charge in [-0.15, -0.1) is 0 Å². The molecule has 1 aromatic heterocycles. The van der Waals surface area contributed by atoms with Gasteiger partial charge in [0.2, 0.25) is 5.82 Å². The van der Waals surface area contributed by atoms with Gasteiger partial charge < -0.3 is 4.74 Å². The molecule has 0 amide bonds. The zero-order valence-electron chi connectivity index (χ0n) is 17.4. The van der Waals surface area contributed by atoms with Gasteiger partial charge >= 0.3 is 12.4 Å². The second-order valence-corrected chi connectivity index (χ2v) is 8.89. The molecule has 1 atom stereocenters. The Bertz CT molecular complexity index is 1380. The number of rotatable bonds is 5. The van der Waals surface area contributed by atoms with Crippen LogP contribution in [0.25, 0.3) is 16.7 Å². The minimum atomic E-state index is -5.02. The Morgan fingerprint density at radius 2 is 1.53 bits per heavy atom. The molecule has 0 saturated carbocycles. The van der Waals surface area contributed by atoms with Crippen LogP contribution in [0.15, 0.2) is 71.6 Å². The summed E-state index contributed by atoms with van der Waals surface area (Å²) in [4.78, 5) is 3.85. The van der Waals surface area contributed by atoms with Gasteiger partial charge in [-0.1, -0.05) is 25.1 Å². The van der Waals surface area contributed by atoms with Crippen LogP contribution >= 0.6 is 0 Å². The molecule has 0 radical (unpaired) electrons. The van der Waals surface area contributed by atoms with E-state index in [-0.39, 0.29) is 17.0 Å². The lowest BCUT2D eigenvalue weighted by molar-refractivity contribution is -0.146. The maximum Gasteiger partial charge on any atom is 0.450 e. The van der Waals surface area contributed by atoms with Crippen LogP contribution in [0.3, 0.4) is 0 Å². The highest BCUT2D eigenvalue weighted by atomic mass is 32.2. The van der Waals surface area contributed by atoms with Crippen LogP contribution in [0.4, 0.5) is 26.3 Å². The SMILES string of the molecule is CCS(=O)c1cccc(Oc2cccc(-n3c(C(F)(F)F)nc4c(C(F)(F)F)cccc43)c2)c1. The van der Waals surface area contributed by atoms with E-state index in [1.165, 1.54) is 24.3 Å². The summed E-state index contributed by atoms with van der Waals surface area (Å²) >= 11 is 0. The molecule has 4 rings (SSSR count).